The number of rotatable bonds is 8. The summed E-state index contributed by atoms with van der Waals surface area (Å²) in [5.41, 5.74) is -0.557. The van der Waals surface area contributed by atoms with Crippen molar-refractivity contribution in [3.8, 4) is 0 Å². The van der Waals surface area contributed by atoms with Crippen molar-refractivity contribution in [1.29, 1.82) is 10.8 Å². The first-order valence-corrected chi connectivity index (χ1v) is 9.13. The predicted molar refractivity (Wildman–Crippen MR) is 104 cm³/mol. The van der Waals surface area contributed by atoms with Crippen LogP contribution in [0.15, 0.2) is 11.5 Å². The average molecular weight is 428 g/mol. The van der Waals surface area contributed by atoms with Crippen LogP contribution in [0.3, 0.4) is 0 Å². The molecule has 0 aromatic heterocycles. The lowest BCUT2D eigenvalue weighted by Gasteiger charge is -2.33. The van der Waals surface area contributed by atoms with E-state index in [1.165, 1.54) is 0 Å². The van der Waals surface area contributed by atoms with Gasteiger partial charge in [-0.1, -0.05) is 0 Å². The van der Waals surface area contributed by atoms with E-state index < -0.39 is 54.5 Å². The standard InChI is InChI=1S/C16H28N8O6/c1-23(2)4-3-8(26)21-14(18)10(17)11-15(22-9(27)5-20-11)24(19)16-13(29)12(28)7(6-25)30-16/h7,12-13,16-17,20,25,28-29H,3-6,19H2,1-2H3,(H,22,27)(H2,18,21,26). The van der Waals surface area contributed by atoms with Gasteiger partial charge in [-0.05, 0) is 14.1 Å². The minimum atomic E-state index is -1.51. The molecule has 1 fully saturated rings. The highest BCUT2D eigenvalue weighted by atomic mass is 16.6. The Hall–Kier alpha value is -2.62. The number of hydrogen-bond donors (Lipinski definition) is 9. The maximum Gasteiger partial charge on any atom is 0.244 e. The number of ether oxygens (including phenoxy) is 1. The lowest BCUT2D eigenvalue weighted by atomic mass is 10.1. The van der Waals surface area contributed by atoms with Gasteiger partial charge < -0.3 is 40.9 Å². The van der Waals surface area contributed by atoms with Crippen LogP contribution in [0.25, 0.3) is 0 Å². The number of carbonyl (C=O) groups excluding carboxylic acids is 2. The first-order chi connectivity index (χ1) is 14.1. The third-order valence-electron chi connectivity index (χ3n) is 4.52. The van der Waals surface area contributed by atoms with E-state index in [1.807, 2.05) is 0 Å². The highest BCUT2D eigenvalue weighted by Crippen LogP contribution is 2.25. The van der Waals surface area contributed by atoms with Crippen molar-refractivity contribution in [3.05, 3.63) is 11.5 Å². The van der Waals surface area contributed by atoms with Crippen LogP contribution in [0.1, 0.15) is 6.42 Å². The Kier molecular flexibility index (Phi) is 7.83. The van der Waals surface area contributed by atoms with Gasteiger partial charge in [0.05, 0.1) is 13.2 Å². The van der Waals surface area contributed by atoms with Crippen LogP contribution >= 0.6 is 0 Å². The molecule has 14 heteroatoms. The largest absolute Gasteiger partial charge is 0.394 e. The molecule has 2 aliphatic rings. The first-order valence-electron chi connectivity index (χ1n) is 9.13. The van der Waals surface area contributed by atoms with E-state index in [1.54, 1.807) is 19.0 Å². The van der Waals surface area contributed by atoms with Crippen molar-refractivity contribution < 1.29 is 29.6 Å². The van der Waals surface area contributed by atoms with Crippen molar-refractivity contribution in [2.45, 2.75) is 31.0 Å². The van der Waals surface area contributed by atoms with Gasteiger partial charge in [-0.15, -0.1) is 0 Å². The van der Waals surface area contributed by atoms with Crippen molar-refractivity contribution in [1.82, 2.24) is 25.9 Å². The van der Waals surface area contributed by atoms with Gasteiger partial charge in [0.2, 0.25) is 11.8 Å². The number of aliphatic hydroxyl groups is 3. The Balaban J connectivity index is 2.20. The molecule has 2 aliphatic heterocycles. The van der Waals surface area contributed by atoms with E-state index in [0.717, 1.165) is 5.01 Å². The molecular formula is C16H28N8O6. The smallest absolute Gasteiger partial charge is 0.244 e. The van der Waals surface area contributed by atoms with Crippen LogP contribution in [0.5, 0.6) is 0 Å². The summed E-state index contributed by atoms with van der Waals surface area (Å²) in [7, 11) is 3.58. The maximum atomic E-state index is 11.9. The van der Waals surface area contributed by atoms with Crippen molar-refractivity contribution in [2.24, 2.45) is 5.84 Å². The minimum absolute atomic E-state index is 0.0900. The Labute approximate surface area is 172 Å². The van der Waals surface area contributed by atoms with Gasteiger partial charge in [0.1, 0.15) is 29.7 Å². The summed E-state index contributed by atoms with van der Waals surface area (Å²) in [6.45, 7) is -0.331. The SMILES string of the molecule is CN(C)CCC(=O)NC(=N)C(=N)C1=C(N(N)C2OC(CO)C(O)C2O)NC(=O)CN1. The molecule has 0 aromatic rings. The van der Waals surface area contributed by atoms with E-state index in [0.29, 0.717) is 6.54 Å². The fraction of sp³-hybridized carbons (Fsp3) is 0.625. The number of aliphatic hydroxyl groups excluding tert-OH is 3. The number of carbonyl (C=O) groups is 2. The molecular weight excluding hydrogens is 400 g/mol. The summed E-state index contributed by atoms with van der Waals surface area (Å²) in [6.07, 6.45) is -5.26. The molecule has 4 unspecified atom stereocenters. The van der Waals surface area contributed by atoms with Gasteiger partial charge >= 0.3 is 0 Å². The Bertz CT molecular complexity index is 741. The predicted octanol–water partition coefficient (Wildman–Crippen LogP) is -4.45. The zero-order valence-corrected chi connectivity index (χ0v) is 16.7. The van der Waals surface area contributed by atoms with E-state index >= 15 is 0 Å². The molecule has 14 nitrogen and oxygen atoms in total. The highest BCUT2D eigenvalue weighted by Gasteiger charge is 2.46. The van der Waals surface area contributed by atoms with Crippen molar-refractivity contribution in [3.63, 3.8) is 0 Å². The van der Waals surface area contributed by atoms with E-state index in [4.69, 9.17) is 21.4 Å². The molecule has 2 amide bonds. The third-order valence-corrected chi connectivity index (χ3v) is 4.52. The normalized spacial score (nSPS) is 26.3. The second-order valence-corrected chi connectivity index (χ2v) is 7.11. The Morgan fingerprint density at radius 1 is 1.33 bits per heavy atom. The molecule has 4 atom stereocenters. The summed E-state index contributed by atoms with van der Waals surface area (Å²) >= 11 is 0. The molecule has 10 N–H and O–H groups in total. The molecule has 2 rings (SSSR count). The molecule has 2 heterocycles. The monoisotopic (exact) mass is 428 g/mol. The number of hydrogen-bond acceptors (Lipinski definition) is 12. The van der Waals surface area contributed by atoms with Crippen LogP contribution in [-0.4, -0.2) is 107 Å². The number of hydrazine groups is 1. The Morgan fingerprint density at radius 3 is 2.57 bits per heavy atom. The highest BCUT2D eigenvalue weighted by molar-refractivity contribution is 6.47. The molecule has 0 aliphatic carbocycles. The second-order valence-electron chi connectivity index (χ2n) is 7.11. The van der Waals surface area contributed by atoms with Crippen LogP contribution < -0.4 is 21.8 Å². The van der Waals surface area contributed by atoms with Crippen LogP contribution in [0.2, 0.25) is 0 Å². The second kappa shape index (κ2) is 9.92. The van der Waals surface area contributed by atoms with Crippen LogP contribution in [-0.2, 0) is 14.3 Å². The zero-order chi connectivity index (χ0) is 22.6. The van der Waals surface area contributed by atoms with E-state index in [2.05, 4.69) is 16.0 Å². The molecule has 168 valence electrons. The Morgan fingerprint density at radius 2 is 2.00 bits per heavy atom. The van der Waals surface area contributed by atoms with Crippen LogP contribution in [0, 0.1) is 10.8 Å². The molecule has 0 bridgehead atoms. The molecule has 0 spiro atoms. The van der Waals surface area contributed by atoms with Gasteiger partial charge in [-0.2, -0.15) is 0 Å². The molecule has 0 saturated carbocycles. The summed E-state index contributed by atoms with van der Waals surface area (Å²) in [4.78, 5) is 25.6. The molecule has 0 radical (unpaired) electrons. The lowest BCUT2D eigenvalue weighted by Crippen LogP contribution is -2.56. The maximum absolute atomic E-state index is 11.9. The van der Waals surface area contributed by atoms with Crippen LogP contribution in [0.4, 0.5) is 0 Å². The molecule has 30 heavy (non-hydrogen) atoms. The minimum Gasteiger partial charge on any atom is -0.394 e. The number of amides is 2. The molecule has 1 saturated heterocycles. The van der Waals surface area contributed by atoms with Gasteiger partial charge in [0, 0.05) is 13.0 Å². The number of nitrogens with one attached hydrogen (secondary N) is 5. The fourth-order valence-corrected chi connectivity index (χ4v) is 2.84. The average Bonchev–Trinajstić information content (AvgIpc) is 2.99. The number of amidine groups is 1. The van der Waals surface area contributed by atoms with Crippen molar-refractivity contribution in [2.75, 3.05) is 33.8 Å². The van der Waals surface area contributed by atoms with E-state index in [9.17, 15) is 24.9 Å². The molecule has 0 aromatic carbocycles. The quantitative estimate of drug-likeness (QED) is 0.0781. The van der Waals surface area contributed by atoms with Gasteiger partial charge in [-0.3, -0.25) is 25.4 Å². The topological polar surface area (TPSA) is 220 Å². The number of nitrogens with zero attached hydrogens (tertiary/aromatic N) is 2. The van der Waals surface area contributed by atoms with Gasteiger partial charge in [0.15, 0.2) is 17.9 Å². The van der Waals surface area contributed by atoms with Gasteiger partial charge in [-0.25, -0.2) is 5.84 Å². The zero-order valence-electron chi connectivity index (χ0n) is 16.7. The summed E-state index contributed by atoms with van der Waals surface area (Å²) < 4.78 is 5.33. The lowest BCUT2D eigenvalue weighted by molar-refractivity contribution is -0.122. The van der Waals surface area contributed by atoms with E-state index in [-0.39, 0.29) is 24.5 Å². The first kappa shape index (κ1) is 23.7. The van der Waals surface area contributed by atoms with Crippen molar-refractivity contribution >= 4 is 23.4 Å². The summed E-state index contributed by atoms with van der Waals surface area (Å²) in [5.74, 6) is 4.29. The number of nitrogens with two attached hydrogens (primary N) is 1. The summed E-state index contributed by atoms with van der Waals surface area (Å²) in [6, 6.07) is 0. The summed E-state index contributed by atoms with van der Waals surface area (Å²) in [5, 5.41) is 53.7. The fourth-order valence-electron chi connectivity index (χ4n) is 2.84. The van der Waals surface area contributed by atoms with Gasteiger partial charge in [0.25, 0.3) is 0 Å². The third kappa shape index (κ3) is 5.29.